The van der Waals surface area contributed by atoms with E-state index < -0.39 is 0 Å². The van der Waals surface area contributed by atoms with Gasteiger partial charge in [-0.15, -0.1) is 0 Å². The molecule has 0 radical (unpaired) electrons. The molecule has 0 amide bonds. The number of ether oxygens (including phenoxy) is 1. The molecular formula is C14H11Cl2NOS. The summed E-state index contributed by atoms with van der Waals surface area (Å²) in [7, 11) is 0. The zero-order valence-corrected chi connectivity index (χ0v) is 12.2. The first-order valence-corrected chi connectivity index (χ1v) is 6.70. The van der Waals surface area contributed by atoms with Gasteiger partial charge in [-0.05, 0) is 29.8 Å². The van der Waals surface area contributed by atoms with Crippen molar-refractivity contribution in [2.75, 3.05) is 0 Å². The van der Waals surface area contributed by atoms with E-state index in [9.17, 15) is 0 Å². The molecular weight excluding hydrogens is 301 g/mol. The molecule has 0 saturated carbocycles. The molecule has 5 heteroatoms. The first-order valence-electron chi connectivity index (χ1n) is 5.53. The maximum atomic E-state index is 6.06. The Morgan fingerprint density at radius 1 is 1.16 bits per heavy atom. The summed E-state index contributed by atoms with van der Waals surface area (Å²) in [4.78, 5) is 0.215. The van der Waals surface area contributed by atoms with E-state index in [4.69, 9.17) is 45.9 Å². The standard InChI is InChI=1S/C14H11Cl2NOS/c15-10-4-1-3-9(7-10)8-18-12-6-2-5-11(16)13(12)14(17)19/h1-7H,8H2,(H2,17,19). The van der Waals surface area contributed by atoms with Crippen LogP contribution in [0.4, 0.5) is 0 Å². The summed E-state index contributed by atoms with van der Waals surface area (Å²) < 4.78 is 5.71. The largest absolute Gasteiger partial charge is 0.488 e. The quantitative estimate of drug-likeness (QED) is 0.859. The van der Waals surface area contributed by atoms with Crippen molar-refractivity contribution in [2.45, 2.75) is 6.61 Å². The molecule has 2 aromatic rings. The Balaban J connectivity index is 2.20. The van der Waals surface area contributed by atoms with Crippen LogP contribution in [0.1, 0.15) is 11.1 Å². The molecule has 0 atom stereocenters. The summed E-state index contributed by atoms with van der Waals surface area (Å²) in [5, 5.41) is 1.15. The van der Waals surface area contributed by atoms with Crippen LogP contribution in [-0.2, 0) is 6.61 Å². The summed E-state index contributed by atoms with van der Waals surface area (Å²) in [5.41, 5.74) is 7.17. The number of hydrogen-bond donors (Lipinski definition) is 1. The van der Waals surface area contributed by atoms with Gasteiger partial charge >= 0.3 is 0 Å². The van der Waals surface area contributed by atoms with Gasteiger partial charge in [-0.1, -0.05) is 53.6 Å². The van der Waals surface area contributed by atoms with Crippen LogP contribution in [0.2, 0.25) is 10.0 Å². The number of halogens is 2. The van der Waals surface area contributed by atoms with E-state index in [1.807, 2.05) is 24.3 Å². The van der Waals surface area contributed by atoms with Crippen molar-refractivity contribution in [3.05, 3.63) is 63.6 Å². The lowest BCUT2D eigenvalue weighted by Gasteiger charge is -2.12. The van der Waals surface area contributed by atoms with Gasteiger partial charge in [0.1, 0.15) is 17.3 Å². The Morgan fingerprint density at radius 3 is 2.58 bits per heavy atom. The molecule has 98 valence electrons. The molecule has 0 aliphatic carbocycles. The predicted molar refractivity (Wildman–Crippen MR) is 83.1 cm³/mol. The third-order valence-corrected chi connectivity index (χ3v) is 3.26. The van der Waals surface area contributed by atoms with E-state index >= 15 is 0 Å². The highest BCUT2D eigenvalue weighted by Crippen LogP contribution is 2.27. The molecule has 0 aliphatic heterocycles. The van der Waals surface area contributed by atoms with E-state index in [1.54, 1.807) is 18.2 Å². The minimum Gasteiger partial charge on any atom is -0.488 e. The van der Waals surface area contributed by atoms with E-state index in [1.165, 1.54) is 0 Å². The Kier molecular flexibility index (Phi) is 4.64. The molecule has 0 saturated heterocycles. The van der Waals surface area contributed by atoms with Crippen molar-refractivity contribution in [1.29, 1.82) is 0 Å². The third-order valence-electron chi connectivity index (χ3n) is 2.51. The minimum atomic E-state index is 0.215. The fourth-order valence-corrected chi connectivity index (χ4v) is 2.40. The van der Waals surface area contributed by atoms with Gasteiger partial charge in [0.2, 0.25) is 0 Å². The topological polar surface area (TPSA) is 35.2 Å². The molecule has 2 rings (SSSR count). The van der Waals surface area contributed by atoms with Gasteiger partial charge in [0.25, 0.3) is 0 Å². The first-order chi connectivity index (χ1) is 9.08. The van der Waals surface area contributed by atoms with Gasteiger partial charge in [-0.2, -0.15) is 0 Å². The number of thiocarbonyl (C=S) groups is 1. The number of rotatable bonds is 4. The second-order valence-electron chi connectivity index (χ2n) is 3.90. The van der Waals surface area contributed by atoms with Gasteiger partial charge in [0.05, 0.1) is 10.6 Å². The molecule has 2 N–H and O–H groups in total. The average Bonchev–Trinajstić information content (AvgIpc) is 2.36. The van der Waals surface area contributed by atoms with Gasteiger partial charge in [-0.3, -0.25) is 0 Å². The molecule has 0 spiro atoms. The van der Waals surface area contributed by atoms with E-state index in [-0.39, 0.29) is 4.99 Å². The van der Waals surface area contributed by atoms with E-state index in [0.717, 1.165) is 5.56 Å². The fraction of sp³-hybridized carbons (Fsp3) is 0.0714. The lowest BCUT2D eigenvalue weighted by molar-refractivity contribution is 0.306. The number of benzene rings is 2. The minimum absolute atomic E-state index is 0.215. The number of hydrogen-bond acceptors (Lipinski definition) is 2. The Morgan fingerprint density at radius 2 is 1.89 bits per heavy atom. The van der Waals surface area contributed by atoms with Crippen molar-refractivity contribution >= 4 is 40.4 Å². The summed E-state index contributed by atoms with van der Waals surface area (Å²) in [6, 6.07) is 12.7. The number of nitrogens with two attached hydrogens (primary N) is 1. The van der Waals surface area contributed by atoms with Crippen molar-refractivity contribution < 1.29 is 4.74 Å². The van der Waals surface area contributed by atoms with Crippen molar-refractivity contribution in [3.63, 3.8) is 0 Å². The normalized spacial score (nSPS) is 10.2. The maximum Gasteiger partial charge on any atom is 0.131 e. The highest BCUT2D eigenvalue weighted by atomic mass is 35.5. The van der Waals surface area contributed by atoms with Crippen LogP contribution in [0.5, 0.6) is 5.75 Å². The average molecular weight is 312 g/mol. The highest BCUT2D eigenvalue weighted by Gasteiger charge is 2.11. The third kappa shape index (κ3) is 3.60. The summed E-state index contributed by atoms with van der Waals surface area (Å²) >= 11 is 17.0. The fourth-order valence-electron chi connectivity index (χ4n) is 1.65. The van der Waals surface area contributed by atoms with Crippen LogP contribution < -0.4 is 10.5 Å². The SMILES string of the molecule is NC(=S)c1c(Cl)cccc1OCc1cccc(Cl)c1. The smallest absolute Gasteiger partial charge is 0.131 e. The molecule has 0 heterocycles. The van der Waals surface area contributed by atoms with Crippen LogP contribution in [0.25, 0.3) is 0 Å². The molecule has 19 heavy (non-hydrogen) atoms. The highest BCUT2D eigenvalue weighted by molar-refractivity contribution is 7.80. The molecule has 0 aliphatic rings. The lowest BCUT2D eigenvalue weighted by atomic mass is 10.2. The molecule has 2 aromatic carbocycles. The second-order valence-corrected chi connectivity index (χ2v) is 5.18. The Hall–Kier alpha value is -1.29. The maximum absolute atomic E-state index is 6.06. The van der Waals surface area contributed by atoms with Gasteiger partial charge in [0.15, 0.2) is 0 Å². The van der Waals surface area contributed by atoms with Crippen LogP contribution in [0.3, 0.4) is 0 Å². The molecule has 0 aromatic heterocycles. The second kappa shape index (κ2) is 6.24. The molecule has 2 nitrogen and oxygen atoms in total. The van der Waals surface area contributed by atoms with Crippen molar-refractivity contribution in [3.8, 4) is 5.75 Å². The monoisotopic (exact) mass is 311 g/mol. The zero-order chi connectivity index (χ0) is 13.8. The van der Waals surface area contributed by atoms with E-state index in [0.29, 0.717) is 28.0 Å². The van der Waals surface area contributed by atoms with Crippen LogP contribution in [0.15, 0.2) is 42.5 Å². The Labute approximate surface area is 127 Å². The first kappa shape index (κ1) is 14.1. The predicted octanol–water partition coefficient (Wildman–Crippen LogP) is 4.21. The lowest BCUT2D eigenvalue weighted by Crippen LogP contribution is -2.12. The van der Waals surface area contributed by atoms with Gasteiger partial charge < -0.3 is 10.5 Å². The van der Waals surface area contributed by atoms with E-state index in [2.05, 4.69) is 0 Å². The Bertz CT molecular complexity index is 616. The molecule has 0 bridgehead atoms. The summed E-state index contributed by atoms with van der Waals surface area (Å²) in [6.45, 7) is 0.372. The summed E-state index contributed by atoms with van der Waals surface area (Å²) in [6.07, 6.45) is 0. The van der Waals surface area contributed by atoms with Crippen molar-refractivity contribution in [2.24, 2.45) is 5.73 Å². The van der Waals surface area contributed by atoms with Gasteiger partial charge in [0, 0.05) is 5.02 Å². The van der Waals surface area contributed by atoms with Crippen LogP contribution in [0, 0.1) is 0 Å². The molecule has 0 unspecified atom stereocenters. The van der Waals surface area contributed by atoms with Crippen molar-refractivity contribution in [1.82, 2.24) is 0 Å². The van der Waals surface area contributed by atoms with Crippen LogP contribution in [-0.4, -0.2) is 4.99 Å². The summed E-state index contributed by atoms with van der Waals surface area (Å²) in [5.74, 6) is 0.569. The zero-order valence-electron chi connectivity index (χ0n) is 9.90. The molecule has 0 fully saturated rings. The van der Waals surface area contributed by atoms with Crippen LogP contribution >= 0.6 is 35.4 Å². The van der Waals surface area contributed by atoms with Gasteiger partial charge in [-0.25, -0.2) is 0 Å².